The summed E-state index contributed by atoms with van der Waals surface area (Å²) in [4.78, 5) is 13.3. The van der Waals surface area contributed by atoms with Crippen molar-refractivity contribution in [1.82, 2.24) is 4.90 Å². The average molecular weight is 245 g/mol. The first-order chi connectivity index (χ1) is 8.72. The van der Waals surface area contributed by atoms with E-state index in [0.29, 0.717) is 13.2 Å². The molecule has 2 rings (SSSR count). The predicted octanol–water partition coefficient (Wildman–Crippen LogP) is 2.30. The number of carbonyl (C=O) groups is 1. The Hall–Kier alpha value is -1.79. The lowest BCUT2D eigenvalue weighted by Crippen LogP contribution is -2.17. The van der Waals surface area contributed by atoms with Gasteiger partial charge in [0.05, 0.1) is 0 Å². The van der Waals surface area contributed by atoms with Crippen molar-refractivity contribution < 1.29 is 9.53 Å². The highest BCUT2D eigenvalue weighted by Crippen LogP contribution is 2.22. The Labute approximate surface area is 109 Å². The van der Waals surface area contributed by atoms with Gasteiger partial charge in [0.15, 0.2) is 0 Å². The normalized spacial score (nSPS) is 12.2. The van der Waals surface area contributed by atoms with E-state index in [4.69, 9.17) is 4.74 Å². The number of amides is 1. The van der Waals surface area contributed by atoms with E-state index in [1.807, 2.05) is 32.0 Å². The predicted molar refractivity (Wildman–Crippen MR) is 72.3 cm³/mol. The molecule has 0 bridgehead atoms. The summed E-state index contributed by atoms with van der Waals surface area (Å²) in [5.74, 6) is 5.98. The molecule has 0 spiro atoms. The largest absolute Gasteiger partial charge is 0.372 e. The van der Waals surface area contributed by atoms with Gasteiger partial charge in [-0.3, -0.25) is 4.79 Å². The molecule has 0 saturated heterocycles. The highest BCUT2D eigenvalue weighted by molar-refractivity contribution is 5.98. The first-order valence-corrected chi connectivity index (χ1v) is 6.08. The third kappa shape index (κ3) is 3.12. The van der Waals surface area contributed by atoms with Crippen LogP contribution in [-0.4, -0.2) is 31.6 Å². The second kappa shape index (κ2) is 6.83. The number of ether oxygens (including phenoxy) is 1. The summed E-state index contributed by atoms with van der Waals surface area (Å²) in [5, 5.41) is 0. The Bertz CT molecular complexity index is 483. The molecule has 1 amide bonds. The number of nitrogens with zero attached hydrogens (tertiary/aromatic N) is 1. The molecule has 1 aliphatic rings. The zero-order valence-corrected chi connectivity index (χ0v) is 11.4. The molecular weight excluding hydrogens is 226 g/mol. The number of fused-ring (bicyclic) bond motifs is 1. The second-order valence-corrected chi connectivity index (χ2v) is 3.77. The van der Waals surface area contributed by atoms with Gasteiger partial charge in [0.2, 0.25) is 0 Å². The van der Waals surface area contributed by atoms with Crippen molar-refractivity contribution in [2.75, 3.05) is 20.8 Å². The smallest absolute Gasteiger partial charge is 0.254 e. The first-order valence-electron chi connectivity index (χ1n) is 6.08. The van der Waals surface area contributed by atoms with E-state index in [1.165, 1.54) is 0 Å². The fourth-order valence-corrected chi connectivity index (χ4v) is 1.75. The van der Waals surface area contributed by atoms with Gasteiger partial charge in [0.1, 0.15) is 6.61 Å². The van der Waals surface area contributed by atoms with Crippen LogP contribution < -0.4 is 0 Å². The van der Waals surface area contributed by atoms with Crippen LogP contribution in [0.25, 0.3) is 0 Å². The van der Waals surface area contributed by atoms with Crippen molar-refractivity contribution in [2.24, 2.45) is 0 Å². The SMILES string of the molecule is CC.COCC#Cc1ccc2c(c1)CN(C)C2=O. The molecule has 0 fully saturated rings. The topological polar surface area (TPSA) is 29.5 Å². The van der Waals surface area contributed by atoms with Crippen molar-refractivity contribution in [3.05, 3.63) is 34.9 Å². The molecule has 1 heterocycles. The Morgan fingerprint density at radius 1 is 1.39 bits per heavy atom. The van der Waals surface area contributed by atoms with Crippen LogP contribution in [0.4, 0.5) is 0 Å². The zero-order valence-electron chi connectivity index (χ0n) is 11.4. The molecular formula is C15H19NO2. The molecule has 1 aromatic rings. The molecule has 1 aliphatic heterocycles. The Kier molecular flexibility index (Phi) is 5.41. The van der Waals surface area contributed by atoms with Crippen molar-refractivity contribution in [1.29, 1.82) is 0 Å². The highest BCUT2D eigenvalue weighted by atomic mass is 16.5. The summed E-state index contributed by atoms with van der Waals surface area (Å²) in [6, 6.07) is 5.69. The van der Waals surface area contributed by atoms with Gasteiger partial charge in [-0.05, 0) is 23.8 Å². The lowest BCUT2D eigenvalue weighted by molar-refractivity contribution is 0.0816. The van der Waals surface area contributed by atoms with Crippen LogP contribution in [0.2, 0.25) is 0 Å². The minimum absolute atomic E-state index is 0.0893. The van der Waals surface area contributed by atoms with E-state index in [9.17, 15) is 4.79 Å². The molecule has 18 heavy (non-hydrogen) atoms. The number of hydrogen-bond acceptors (Lipinski definition) is 2. The number of carbonyl (C=O) groups excluding carboxylic acids is 1. The number of methoxy groups -OCH3 is 1. The lowest BCUT2D eigenvalue weighted by Gasteiger charge is -2.04. The van der Waals surface area contributed by atoms with E-state index in [2.05, 4.69) is 11.8 Å². The van der Waals surface area contributed by atoms with E-state index in [0.717, 1.165) is 16.7 Å². The number of benzene rings is 1. The maximum atomic E-state index is 11.6. The van der Waals surface area contributed by atoms with Gasteiger partial charge in [-0.1, -0.05) is 25.7 Å². The first kappa shape index (κ1) is 14.3. The maximum Gasteiger partial charge on any atom is 0.254 e. The molecule has 96 valence electrons. The van der Waals surface area contributed by atoms with Gasteiger partial charge in [-0.2, -0.15) is 0 Å². The van der Waals surface area contributed by atoms with Gasteiger partial charge >= 0.3 is 0 Å². The monoisotopic (exact) mass is 245 g/mol. The Morgan fingerprint density at radius 3 is 2.78 bits per heavy atom. The van der Waals surface area contributed by atoms with E-state index in [1.54, 1.807) is 19.1 Å². The summed E-state index contributed by atoms with van der Waals surface area (Å²) in [6.45, 7) is 5.10. The van der Waals surface area contributed by atoms with Gasteiger partial charge in [-0.25, -0.2) is 0 Å². The molecule has 0 radical (unpaired) electrons. The van der Waals surface area contributed by atoms with Crippen molar-refractivity contribution in [2.45, 2.75) is 20.4 Å². The second-order valence-electron chi connectivity index (χ2n) is 3.77. The van der Waals surface area contributed by atoms with Crippen LogP contribution in [0.3, 0.4) is 0 Å². The van der Waals surface area contributed by atoms with Crippen LogP contribution in [-0.2, 0) is 11.3 Å². The van der Waals surface area contributed by atoms with Crippen molar-refractivity contribution in [3.63, 3.8) is 0 Å². The lowest BCUT2D eigenvalue weighted by atomic mass is 10.1. The molecule has 0 saturated carbocycles. The molecule has 0 unspecified atom stereocenters. The van der Waals surface area contributed by atoms with E-state index < -0.39 is 0 Å². The summed E-state index contributed by atoms with van der Waals surface area (Å²) in [5.41, 5.74) is 2.77. The highest BCUT2D eigenvalue weighted by Gasteiger charge is 2.23. The number of hydrogen-bond donors (Lipinski definition) is 0. The van der Waals surface area contributed by atoms with Gasteiger partial charge in [-0.15, -0.1) is 0 Å². The fraction of sp³-hybridized carbons (Fsp3) is 0.400. The van der Waals surface area contributed by atoms with Gasteiger partial charge in [0, 0.05) is 31.8 Å². The van der Waals surface area contributed by atoms with E-state index in [-0.39, 0.29) is 5.91 Å². The summed E-state index contributed by atoms with van der Waals surface area (Å²) in [6.07, 6.45) is 0. The molecule has 3 heteroatoms. The zero-order chi connectivity index (χ0) is 13.5. The molecule has 0 atom stereocenters. The molecule has 0 aromatic heterocycles. The maximum absolute atomic E-state index is 11.6. The Balaban J connectivity index is 0.000000771. The summed E-state index contributed by atoms with van der Waals surface area (Å²) < 4.78 is 4.85. The molecule has 1 aromatic carbocycles. The van der Waals surface area contributed by atoms with Crippen LogP contribution >= 0.6 is 0 Å². The van der Waals surface area contributed by atoms with Crippen LogP contribution in [0.5, 0.6) is 0 Å². The Morgan fingerprint density at radius 2 is 2.11 bits per heavy atom. The van der Waals surface area contributed by atoms with E-state index >= 15 is 0 Å². The van der Waals surface area contributed by atoms with Crippen molar-refractivity contribution >= 4 is 5.91 Å². The third-order valence-corrected chi connectivity index (χ3v) is 2.54. The minimum atomic E-state index is 0.0893. The van der Waals surface area contributed by atoms with Crippen molar-refractivity contribution in [3.8, 4) is 11.8 Å². The summed E-state index contributed by atoms with van der Waals surface area (Å²) >= 11 is 0. The standard InChI is InChI=1S/C13H13NO2.C2H6/c1-14-9-11-8-10(4-3-7-16-2)5-6-12(11)13(14)15;1-2/h5-6,8H,7,9H2,1-2H3;1-2H3. The van der Waals surface area contributed by atoms with Gasteiger partial charge in [0.25, 0.3) is 5.91 Å². The third-order valence-electron chi connectivity index (χ3n) is 2.54. The van der Waals surface area contributed by atoms with Gasteiger partial charge < -0.3 is 9.64 Å². The van der Waals surface area contributed by atoms with Crippen LogP contribution in [0, 0.1) is 11.8 Å². The minimum Gasteiger partial charge on any atom is -0.372 e. The average Bonchev–Trinajstić information content (AvgIpc) is 2.68. The molecule has 0 aliphatic carbocycles. The quantitative estimate of drug-likeness (QED) is 0.710. The molecule has 3 nitrogen and oxygen atoms in total. The summed E-state index contributed by atoms with van der Waals surface area (Å²) in [7, 11) is 3.42. The number of rotatable bonds is 1. The van der Waals surface area contributed by atoms with Crippen LogP contribution in [0.15, 0.2) is 18.2 Å². The van der Waals surface area contributed by atoms with Crippen LogP contribution in [0.1, 0.15) is 35.3 Å². The fourth-order valence-electron chi connectivity index (χ4n) is 1.75. The molecule has 0 N–H and O–H groups in total.